The van der Waals surface area contributed by atoms with Crippen LogP contribution in [-0.2, 0) is 6.42 Å². The molecular weight excluding hydrogens is 180 g/mol. The van der Waals surface area contributed by atoms with E-state index >= 15 is 0 Å². The number of rotatable bonds is 0. The predicted molar refractivity (Wildman–Crippen MR) is 66.2 cm³/mol. The monoisotopic (exact) mass is 194 g/mol. The molecule has 0 atom stereocenters. The Morgan fingerprint density at radius 2 is 1.93 bits per heavy atom. The Balaban J connectivity index is 2.59. The van der Waals surface area contributed by atoms with E-state index in [2.05, 4.69) is 50.3 Å². The highest BCUT2D eigenvalue weighted by Gasteiger charge is 2.11. The highest BCUT2D eigenvalue weighted by molar-refractivity contribution is 5.98. The summed E-state index contributed by atoms with van der Waals surface area (Å²) in [6.07, 6.45) is 5.61. The molecule has 1 aliphatic carbocycles. The summed E-state index contributed by atoms with van der Waals surface area (Å²) in [6, 6.07) is 8.94. The van der Waals surface area contributed by atoms with Crippen molar-refractivity contribution in [1.82, 2.24) is 0 Å². The van der Waals surface area contributed by atoms with E-state index in [1.165, 1.54) is 33.0 Å². The van der Waals surface area contributed by atoms with E-state index < -0.39 is 0 Å². The lowest BCUT2D eigenvalue weighted by Gasteiger charge is -2.16. The van der Waals surface area contributed by atoms with Gasteiger partial charge in [-0.05, 0) is 53.3 Å². The first-order valence-electron chi connectivity index (χ1n) is 5.46. The number of benzene rings is 2. The minimum Gasteiger partial charge on any atom is -0.0795 e. The van der Waals surface area contributed by atoms with Gasteiger partial charge in [-0.25, -0.2) is 0 Å². The lowest BCUT2D eigenvalue weighted by atomic mass is 9.88. The minimum atomic E-state index is 1.08. The molecule has 15 heavy (non-hydrogen) atoms. The standard InChI is InChI=1S/C15H14/c1-10-9-11(2)14-8-4-6-12-5-3-7-13(10)15(12)14/h3-5,7-9H,6H2,1-2H3. The molecule has 3 rings (SSSR count). The Kier molecular flexibility index (Phi) is 1.72. The fourth-order valence-electron chi connectivity index (χ4n) is 2.61. The van der Waals surface area contributed by atoms with Crippen molar-refractivity contribution in [3.8, 4) is 0 Å². The first-order valence-corrected chi connectivity index (χ1v) is 5.46. The third kappa shape index (κ3) is 1.14. The molecule has 0 amide bonds. The zero-order valence-electron chi connectivity index (χ0n) is 9.17. The molecule has 74 valence electrons. The maximum Gasteiger partial charge on any atom is -0.00710 e. The smallest absolute Gasteiger partial charge is 0.00710 e. The normalized spacial score (nSPS) is 13.5. The Bertz CT molecular complexity index is 574. The first-order chi connectivity index (χ1) is 7.27. The summed E-state index contributed by atoms with van der Waals surface area (Å²) in [6.45, 7) is 4.41. The molecule has 0 nitrogen and oxygen atoms in total. The van der Waals surface area contributed by atoms with Gasteiger partial charge in [-0.3, -0.25) is 0 Å². The highest BCUT2D eigenvalue weighted by atomic mass is 14.2. The maximum absolute atomic E-state index is 2.29. The maximum atomic E-state index is 2.29. The van der Waals surface area contributed by atoms with Gasteiger partial charge in [0.2, 0.25) is 0 Å². The van der Waals surface area contributed by atoms with Crippen molar-refractivity contribution in [3.63, 3.8) is 0 Å². The quantitative estimate of drug-likeness (QED) is 0.594. The van der Waals surface area contributed by atoms with Crippen molar-refractivity contribution in [2.24, 2.45) is 0 Å². The summed E-state index contributed by atoms with van der Waals surface area (Å²) < 4.78 is 0. The van der Waals surface area contributed by atoms with Crippen LogP contribution in [0.15, 0.2) is 30.3 Å². The second-order valence-corrected chi connectivity index (χ2v) is 4.37. The van der Waals surface area contributed by atoms with Crippen LogP contribution in [-0.4, -0.2) is 0 Å². The second-order valence-electron chi connectivity index (χ2n) is 4.37. The zero-order valence-corrected chi connectivity index (χ0v) is 9.17. The SMILES string of the molecule is Cc1cc(C)c2cccc3c2c1C=CC3. The lowest BCUT2D eigenvalue weighted by Crippen LogP contribution is -1.96. The number of hydrogen-bond donors (Lipinski definition) is 0. The summed E-state index contributed by atoms with van der Waals surface area (Å²) >= 11 is 0. The first kappa shape index (κ1) is 8.72. The molecule has 0 unspecified atom stereocenters. The van der Waals surface area contributed by atoms with Crippen molar-refractivity contribution in [2.45, 2.75) is 20.3 Å². The summed E-state index contributed by atoms with van der Waals surface area (Å²) in [7, 11) is 0. The topological polar surface area (TPSA) is 0 Å². The third-order valence-corrected chi connectivity index (χ3v) is 3.33. The average molecular weight is 194 g/mol. The van der Waals surface area contributed by atoms with Crippen LogP contribution in [0.4, 0.5) is 0 Å². The molecule has 1 aliphatic rings. The fourth-order valence-corrected chi connectivity index (χ4v) is 2.61. The molecule has 0 fully saturated rings. The predicted octanol–water partition coefficient (Wildman–Crippen LogP) is 4.03. The summed E-state index contributed by atoms with van der Waals surface area (Å²) in [5, 5.41) is 2.88. The average Bonchev–Trinajstić information content (AvgIpc) is 2.25. The number of hydrogen-bond acceptors (Lipinski definition) is 0. The van der Waals surface area contributed by atoms with Crippen molar-refractivity contribution < 1.29 is 0 Å². The van der Waals surface area contributed by atoms with E-state index in [0.717, 1.165) is 6.42 Å². The van der Waals surface area contributed by atoms with Gasteiger partial charge in [-0.2, -0.15) is 0 Å². The highest BCUT2D eigenvalue weighted by Crippen LogP contribution is 2.32. The van der Waals surface area contributed by atoms with Gasteiger partial charge in [0, 0.05) is 0 Å². The van der Waals surface area contributed by atoms with Gasteiger partial charge in [0.1, 0.15) is 0 Å². The van der Waals surface area contributed by atoms with Crippen molar-refractivity contribution in [2.75, 3.05) is 0 Å². The van der Waals surface area contributed by atoms with Crippen LogP contribution in [0.2, 0.25) is 0 Å². The second kappa shape index (κ2) is 2.96. The van der Waals surface area contributed by atoms with Crippen LogP contribution in [0.5, 0.6) is 0 Å². The van der Waals surface area contributed by atoms with E-state index in [4.69, 9.17) is 0 Å². The molecule has 0 aromatic heterocycles. The Morgan fingerprint density at radius 1 is 1.07 bits per heavy atom. The van der Waals surface area contributed by atoms with E-state index in [1.54, 1.807) is 0 Å². The van der Waals surface area contributed by atoms with Crippen molar-refractivity contribution >= 4 is 16.8 Å². The summed E-state index contributed by atoms with van der Waals surface area (Å²) in [4.78, 5) is 0. The van der Waals surface area contributed by atoms with E-state index in [9.17, 15) is 0 Å². The molecule has 2 aromatic rings. The molecule has 0 heterocycles. The van der Waals surface area contributed by atoms with Crippen LogP contribution in [0.3, 0.4) is 0 Å². The third-order valence-electron chi connectivity index (χ3n) is 3.33. The van der Waals surface area contributed by atoms with Crippen LogP contribution in [0, 0.1) is 13.8 Å². The van der Waals surface area contributed by atoms with E-state index in [0.29, 0.717) is 0 Å². The van der Waals surface area contributed by atoms with Gasteiger partial charge < -0.3 is 0 Å². The van der Waals surface area contributed by atoms with Crippen molar-refractivity contribution in [3.05, 3.63) is 52.6 Å². The van der Waals surface area contributed by atoms with Crippen LogP contribution >= 0.6 is 0 Å². The number of allylic oxidation sites excluding steroid dienone is 1. The molecule has 0 heteroatoms. The molecule has 0 N–H and O–H groups in total. The Morgan fingerprint density at radius 3 is 2.80 bits per heavy atom. The molecule has 0 spiro atoms. The molecule has 2 aromatic carbocycles. The molecule has 0 radical (unpaired) electrons. The summed E-state index contributed by atoms with van der Waals surface area (Å²) in [5.74, 6) is 0. The molecular formula is C15H14. The molecule has 0 saturated heterocycles. The number of aryl methyl sites for hydroxylation is 2. The van der Waals surface area contributed by atoms with Crippen molar-refractivity contribution in [1.29, 1.82) is 0 Å². The van der Waals surface area contributed by atoms with Crippen LogP contribution < -0.4 is 0 Å². The fraction of sp³-hybridized carbons (Fsp3) is 0.200. The lowest BCUT2D eigenvalue weighted by molar-refractivity contribution is 1.27. The van der Waals surface area contributed by atoms with Crippen LogP contribution in [0.1, 0.15) is 22.3 Å². The van der Waals surface area contributed by atoms with E-state index in [-0.39, 0.29) is 0 Å². The Labute approximate surface area is 90.2 Å². The van der Waals surface area contributed by atoms with Gasteiger partial charge in [0.15, 0.2) is 0 Å². The molecule has 0 saturated carbocycles. The van der Waals surface area contributed by atoms with Gasteiger partial charge in [-0.1, -0.05) is 36.4 Å². The molecule has 0 bridgehead atoms. The van der Waals surface area contributed by atoms with Gasteiger partial charge in [-0.15, -0.1) is 0 Å². The zero-order chi connectivity index (χ0) is 10.4. The largest absolute Gasteiger partial charge is 0.0795 e. The van der Waals surface area contributed by atoms with Crippen LogP contribution in [0.25, 0.3) is 16.8 Å². The molecule has 0 aliphatic heterocycles. The van der Waals surface area contributed by atoms with Gasteiger partial charge in [0.05, 0.1) is 0 Å². The summed E-state index contributed by atoms with van der Waals surface area (Å²) in [5.41, 5.74) is 5.67. The van der Waals surface area contributed by atoms with Gasteiger partial charge >= 0.3 is 0 Å². The minimum absolute atomic E-state index is 1.08. The Hall–Kier alpha value is -1.56. The van der Waals surface area contributed by atoms with E-state index in [1.807, 2.05) is 0 Å². The van der Waals surface area contributed by atoms with Gasteiger partial charge in [0.25, 0.3) is 0 Å².